The van der Waals surface area contributed by atoms with Crippen LogP contribution in [-0.2, 0) is 20.5 Å². The summed E-state index contributed by atoms with van der Waals surface area (Å²) >= 11 is 0. The van der Waals surface area contributed by atoms with E-state index in [1.807, 2.05) is 5.32 Å². The van der Waals surface area contributed by atoms with E-state index in [0.29, 0.717) is 18.1 Å². The van der Waals surface area contributed by atoms with Crippen LogP contribution >= 0.6 is 0 Å². The van der Waals surface area contributed by atoms with Crippen molar-refractivity contribution in [1.29, 1.82) is 0 Å². The first-order chi connectivity index (χ1) is 13.6. The zero-order valence-electron chi connectivity index (χ0n) is 15.2. The molecular formula is C19H17F3N2O5. The minimum atomic E-state index is -4.92. The molecule has 0 aliphatic heterocycles. The summed E-state index contributed by atoms with van der Waals surface area (Å²) in [5.41, 5.74) is -2.12. The van der Waals surface area contributed by atoms with Crippen molar-refractivity contribution >= 4 is 23.3 Å². The summed E-state index contributed by atoms with van der Waals surface area (Å²) < 4.78 is 44.3. The average Bonchev–Trinajstić information content (AvgIpc) is 2.67. The fraction of sp³-hybridized carbons (Fsp3) is 0.263. The van der Waals surface area contributed by atoms with Crippen LogP contribution in [-0.4, -0.2) is 23.4 Å². The van der Waals surface area contributed by atoms with Gasteiger partial charge >= 0.3 is 12.1 Å². The van der Waals surface area contributed by atoms with Crippen LogP contribution in [0, 0.1) is 10.1 Å². The van der Waals surface area contributed by atoms with E-state index in [-0.39, 0.29) is 0 Å². The number of benzene rings is 2. The molecule has 29 heavy (non-hydrogen) atoms. The summed E-state index contributed by atoms with van der Waals surface area (Å²) in [5.74, 6) is -2.30. The predicted octanol–water partition coefficient (Wildman–Crippen LogP) is 4.29. The van der Waals surface area contributed by atoms with Gasteiger partial charge in [0.05, 0.1) is 22.1 Å². The Morgan fingerprint density at radius 2 is 1.83 bits per heavy atom. The number of esters is 1. The maximum Gasteiger partial charge on any atom is 0.418 e. The summed E-state index contributed by atoms with van der Waals surface area (Å²) in [5, 5.41) is 12.7. The van der Waals surface area contributed by atoms with Crippen molar-refractivity contribution in [2.45, 2.75) is 25.4 Å². The van der Waals surface area contributed by atoms with Gasteiger partial charge in [0, 0.05) is 12.1 Å². The van der Waals surface area contributed by atoms with Gasteiger partial charge in [-0.1, -0.05) is 37.3 Å². The molecule has 1 N–H and O–H groups in total. The van der Waals surface area contributed by atoms with E-state index in [1.54, 1.807) is 37.3 Å². The van der Waals surface area contributed by atoms with E-state index in [4.69, 9.17) is 4.74 Å². The normalized spacial score (nSPS) is 12.1. The largest absolute Gasteiger partial charge is 0.455 e. The highest BCUT2D eigenvalue weighted by atomic mass is 19.4. The number of nitro benzene ring substituents is 1. The first-order valence-corrected chi connectivity index (χ1v) is 8.50. The van der Waals surface area contributed by atoms with Gasteiger partial charge in [-0.2, -0.15) is 13.2 Å². The smallest absolute Gasteiger partial charge is 0.418 e. The van der Waals surface area contributed by atoms with Gasteiger partial charge < -0.3 is 10.1 Å². The number of nitrogens with zero attached hydrogens (tertiary/aromatic N) is 1. The van der Waals surface area contributed by atoms with Crippen molar-refractivity contribution in [1.82, 2.24) is 0 Å². The number of hydrogen-bond donors (Lipinski definition) is 1. The Bertz CT molecular complexity index is 900. The molecule has 0 heterocycles. The van der Waals surface area contributed by atoms with E-state index < -0.39 is 52.4 Å². The van der Waals surface area contributed by atoms with Crippen LogP contribution in [0.25, 0.3) is 0 Å². The predicted molar refractivity (Wildman–Crippen MR) is 97.2 cm³/mol. The molecule has 0 spiro atoms. The molecule has 2 rings (SSSR count). The third-order valence-electron chi connectivity index (χ3n) is 4.03. The third-order valence-corrected chi connectivity index (χ3v) is 4.03. The van der Waals surface area contributed by atoms with Crippen molar-refractivity contribution < 1.29 is 32.4 Å². The monoisotopic (exact) mass is 410 g/mol. The second-order valence-electron chi connectivity index (χ2n) is 6.01. The third kappa shape index (κ3) is 5.77. The number of nitrogens with one attached hydrogen (secondary N) is 1. The van der Waals surface area contributed by atoms with E-state index in [1.165, 1.54) is 0 Å². The lowest BCUT2D eigenvalue weighted by molar-refractivity contribution is -0.385. The number of nitro groups is 1. The summed E-state index contributed by atoms with van der Waals surface area (Å²) in [7, 11) is 0. The summed E-state index contributed by atoms with van der Waals surface area (Å²) in [4.78, 5) is 33.9. The number of ether oxygens (including phenoxy) is 1. The Balaban J connectivity index is 2.07. The van der Waals surface area contributed by atoms with Gasteiger partial charge in [0.2, 0.25) is 0 Å². The summed E-state index contributed by atoms with van der Waals surface area (Å²) in [6.07, 6.45) is -4.52. The van der Waals surface area contributed by atoms with Gasteiger partial charge in [0.15, 0.2) is 6.61 Å². The molecule has 0 aliphatic carbocycles. The zero-order valence-corrected chi connectivity index (χ0v) is 15.2. The molecule has 2 aromatic carbocycles. The minimum absolute atomic E-state index is 0.324. The van der Waals surface area contributed by atoms with Crippen LogP contribution in [0.15, 0.2) is 48.5 Å². The highest BCUT2D eigenvalue weighted by molar-refractivity contribution is 5.94. The number of non-ortho nitro benzene ring substituents is 1. The van der Waals surface area contributed by atoms with Gasteiger partial charge in [0.25, 0.3) is 11.6 Å². The highest BCUT2D eigenvalue weighted by Gasteiger charge is 2.35. The van der Waals surface area contributed by atoms with Crippen molar-refractivity contribution in [2.24, 2.45) is 0 Å². The molecule has 1 unspecified atom stereocenters. The van der Waals surface area contributed by atoms with E-state index in [2.05, 4.69) is 0 Å². The Labute approximate surface area is 163 Å². The molecule has 0 saturated carbocycles. The number of alkyl halides is 3. The topological polar surface area (TPSA) is 98.5 Å². The Morgan fingerprint density at radius 1 is 1.17 bits per heavy atom. The molecule has 0 saturated heterocycles. The van der Waals surface area contributed by atoms with Crippen molar-refractivity contribution in [3.63, 3.8) is 0 Å². The zero-order chi connectivity index (χ0) is 21.6. The Kier molecular flexibility index (Phi) is 6.92. The molecule has 0 aliphatic rings. The number of halogens is 3. The minimum Gasteiger partial charge on any atom is -0.455 e. The van der Waals surface area contributed by atoms with E-state index >= 15 is 0 Å². The highest BCUT2D eigenvalue weighted by Crippen LogP contribution is 2.37. The lowest BCUT2D eigenvalue weighted by atomic mass is 9.97. The number of carbonyl (C=O) groups excluding carboxylic acids is 2. The Morgan fingerprint density at radius 3 is 2.38 bits per heavy atom. The number of hydrogen-bond acceptors (Lipinski definition) is 5. The molecule has 10 heteroatoms. The van der Waals surface area contributed by atoms with Crippen molar-refractivity contribution in [2.75, 3.05) is 11.9 Å². The van der Waals surface area contributed by atoms with Crippen LogP contribution in [0.5, 0.6) is 0 Å². The average molecular weight is 410 g/mol. The van der Waals surface area contributed by atoms with Gasteiger partial charge in [-0.25, -0.2) is 0 Å². The molecule has 0 bridgehead atoms. The van der Waals surface area contributed by atoms with E-state index in [0.717, 1.165) is 12.1 Å². The Hall–Kier alpha value is -3.43. The molecule has 1 atom stereocenters. The SMILES string of the molecule is CCC(C(=O)OCC(=O)Nc1ccc([N+](=O)[O-])cc1C(F)(F)F)c1ccccc1. The first kappa shape index (κ1) is 21.9. The van der Waals surface area contributed by atoms with Gasteiger partial charge in [-0.05, 0) is 18.1 Å². The van der Waals surface area contributed by atoms with Crippen LogP contribution in [0.1, 0.15) is 30.4 Å². The molecule has 154 valence electrons. The molecule has 2 aromatic rings. The number of rotatable bonds is 7. The summed E-state index contributed by atoms with van der Waals surface area (Å²) in [6.45, 7) is 0.960. The molecule has 0 radical (unpaired) electrons. The fourth-order valence-corrected chi connectivity index (χ4v) is 2.64. The maximum absolute atomic E-state index is 13.1. The van der Waals surface area contributed by atoms with Gasteiger partial charge in [-0.3, -0.25) is 19.7 Å². The number of amides is 1. The summed E-state index contributed by atoms with van der Waals surface area (Å²) in [6, 6.07) is 10.6. The van der Waals surface area contributed by atoms with Crippen molar-refractivity contribution in [3.05, 3.63) is 69.8 Å². The van der Waals surface area contributed by atoms with Crippen LogP contribution in [0.4, 0.5) is 24.5 Å². The standard InChI is InChI=1S/C19H17F3N2O5/c1-2-14(12-6-4-3-5-7-12)18(26)29-11-17(25)23-16-9-8-13(24(27)28)10-15(16)19(20,21)22/h3-10,14H,2,11H2,1H3,(H,23,25). The van der Waals surface area contributed by atoms with E-state index in [9.17, 15) is 32.9 Å². The van der Waals surface area contributed by atoms with Gasteiger partial charge in [-0.15, -0.1) is 0 Å². The number of anilines is 1. The lowest BCUT2D eigenvalue weighted by Crippen LogP contribution is -2.25. The fourth-order valence-electron chi connectivity index (χ4n) is 2.64. The van der Waals surface area contributed by atoms with Gasteiger partial charge in [0.1, 0.15) is 0 Å². The van der Waals surface area contributed by atoms with Crippen LogP contribution in [0.3, 0.4) is 0 Å². The quantitative estimate of drug-likeness (QED) is 0.417. The molecule has 1 amide bonds. The maximum atomic E-state index is 13.1. The van der Waals surface area contributed by atoms with Crippen LogP contribution in [0.2, 0.25) is 0 Å². The molecule has 7 nitrogen and oxygen atoms in total. The lowest BCUT2D eigenvalue weighted by Gasteiger charge is -2.16. The molecular weight excluding hydrogens is 393 g/mol. The number of carbonyl (C=O) groups is 2. The van der Waals surface area contributed by atoms with Crippen LogP contribution < -0.4 is 5.32 Å². The second kappa shape index (κ2) is 9.18. The van der Waals surface area contributed by atoms with Crippen molar-refractivity contribution in [3.8, 4) is 0 Å². The second-order valence-corrected chi connectivity index (χ2v) is 6.01. The molecule has 0 aromatic heterocycles. The first-order valence-electron chi connectivity index (χ1n) is 8.50. The molecule has 0 fully saturated rings.